The highest BCUT2D eigenvalue weighted by molar-refractivity contribution is 5.37. The van der Waals surface area contributed by atoms with Crippen molar-refractivity contribution in [1.82, 2.24) is 4.90 Å². The fraction of sp³-hybridized carbons (Fsp3) is 0.409. The van der Waals surface area contributed by atoms with Gasteiger partial charge in [-0.25, -0.2) is 0 Å². The summed E-state index contributed by atoms with van der Waals surface area (Å²) in [6.07, 6.45) is 2.04. The molecule has 0 aromatic heterocycles. The third kappa shape index (κ3) is 3.55. The van der Waals surface area contributed by atoms with Crippen LogP contribution in [0.3, 0.4) is 0 Å². The van der Waals surface area contributed by atoms with Gasteiger partial charge in [0.05, 0.1) is 0 Å². The van der Waals surface area contributed by atoms with E-state index in [9.17, 15) is 5.11 Å². The molecule has 0 unspecified atom stereocenters. The summed E-state index contributed by atoms with van der Waals surface area (Å²) in [5, 5.41) is 11.8. The molecule has 2 aromatic carbocycles. The van der Waals surface area contributed by atoms with Crippen molar-refractivity contribution >= 4 is 0 Å². The Bertz CT molecular complexity index is 575. The van der Waals surface area contributed by atoms with Gasteiger partial charge in [0.2, 0.25) is 0 Å². The average molecular weight is 322 g/mol. The summed E-state index contributed by atoms with van der Waals surface area (Å²) in [4.78, 5) is 2.50. The van der Waals surface area contributed by atoms with Gasteiger partial charge in [0.15, 0.2) is 0 Å². The highest BCUT2D eigenvalue weighted by Crippen LogP contribution is 2.41. The fourth-order valence-electron chi connectivity index (χ4n) is 3.98. The van der Waals surface area contributed by atoms with Crippen LogP contribution in [-0.4, -0.2) is 29.6 Å². The molecule has 2 aromatic rings. The van der Waals surface area contributed by atoms with E-state index in [0.29, 0.717) is 0 Å². The van der Waals surface area contributed by atoms with Gasteiger partial charge in [0.25, 0.3) is 0 Å². The van der Waals surface area contributed by atoms with Crippen LogP contribution in [0.15, 0.2) is 60.7 Å². The molecule has 1 fully saturated rings. The smallest absolute Gasteiger partial charge is 0.117 e. The number of hydrogen-bond donors (Lipinski definition) is 1. The van der Waals surface area contributed by atoms with Crippen molar-refractivity contribution in [3.05, 3.63) is 77.7 Å². The Kier molecular flexibility index (Phi) is 5.37. The predicted octanol–water partition coefficient (Wildman–Crippen LogP) is 4.25. The van der Waals surface area contributed by atoms with E-state index in [4.69, 9.17) is 0 Å². The molecular formula is C22H28NO. The van der Waals surface area contributed by atoms with E-state index < -0.39 is 5.60 Å². The van der Waals surface area contributed by atoms with Gasteiger partial charge in [-0.3, -0.25) is 0 Å². The van der Waals surface area contributed by atoms with Gasteiger partial charge in [-0.15, -0.1) is 0 Å². The van der Waals surface area contributed by atoms with Gasteiger partial charge >= 0.3 is 0 Å². The maximum Gasteiger partial charge on any atom is 0.117 e. The van der Waals surface area contributed by atoms with Crippen LogP contribution in [0.2, 0.25) is 0 Å². The molecule has 1 aliphatic rings. The second kappa shape index (κ2) is 7.50. The molecular weight excluding hydrogens is 294 g/mol. The Morgan fingerprint density at radius 3 is 1.79 bits per heavy atom. The van der Waals surface area contributed by atoms with Crippen LogP contribution in [0, 0.1) is 11.8 Å². The molecule has 0 aliphatic carbocycles. The van der Waals surface area contributed by atoms with Gasteiger partial charge in [0, 0.05) is 6.54 Å². The van der Waals surface area contributed by atoms with E-state index >= 15 is 0 Å². The molecule has 2 heteroatoms. The Balaban J connectivity index is 1.87. The summed E-state index contributed by atoms with van der Waals surface area (Å²) >= 11 is 0. The number of nitrogens with zero attached hydrogens (tertiary/aromatic N) is 1. The Morgan fingerprint density at radius 1 is 0.917 bits per heavy atom. The summed E-state index contributed by atoms with van der Waals surface area (Å²) < 4.78 is 0. The van der Waals surface area contributed by atoms with Crippen molar-refractivity contribution in [3.63, 3.8) is 0 Å². The van der Waals surface area contributed by atoms with Crippen molar-refractivity contribution in [3.8, 4) is 0 Å². The van der Waals surface area contributed by atoms with Crippen LogP contribution in [-0.2, 0) is 5.60 Å². The van der Waals surface area contributed by atoms with Crippen molar-refractivity contribution in [1.29, 1.82) is 0 Å². The first kappa shape index (κ1) is 17.2. The maximum absolute atomic E-state index is 11.8. The van der Waals surface area contributed by atoms with E-state index in [-0.39, 0.29) is 5.92 Å². The SMILES string of the molecule is C[C](C)CN1CCC(C(O)(c2ccccc2)c2ccccc2)CC1. The third-order valence-corrected chi connectivity index (χ3v) is 5.15. The number of hydrogen-bond acceptors (Lipinski definition) is 2. The zero-order chi connectivity index (χ0) is 17.0. The lowest BCUT2D eigenvalue weighted by atomic mass is 9.72. The van der Waals surface area contributed by atoms with Gasteiger partial charge in [-0.1, -0.05) is 74.5 Å². The largest absolute Gasteiger partial charge is 0.380 e. The molecule has 24 heavy (non-hydrogen) atoms. The Hall–Kier alpha value is -1.64. The van der Waals surface area contributed by atoms with Gasteiger partial charge in [-0.05, 0) is 48.9 Å². The van der Waals surface area contributed by atoms with Crippen LogP contribution in [0.5, 0.6) is 0 Å². The highest BCUT2D eigenvalue weighted by atomic mass is 16.3. The normalized spacial score (nSPS) is 17.3. The maximum atomic E-state index is 11.8. The van der Waals surface area contributed by atoms with Crippen LogP contribution in [0.25, 0.3) is 0 Å². The molecule has 0 saturated carbocycles. The van der Waals surface area contributed by atoms with Crippen LogP contribution in [0.1, 0.15) is 37.8 Å². The number of benzene rings is 2. The van der Waals surface area contributed by atoms with Gasteiger partial charge in [-0.2, -0.15) is 0 Å². The Morgan fingerprint density at radius 2 is 1.38 bits per heavy atom. The number of piperidine rings is 1. The van der Waals surface area contributed by atoms with E-state index in [2.05, 4.69) is 43.0 Å². The highest BCUT2D eigenvalue weighted by Gasteiger charge is 2.41. The predicted molar refractivity (Wildman–Crippen MR) is 99.6 cm³/mol. The fourth-order valence-corrected chi connectivity index (χ4v) is 3.98. The van der Waals surface area contributed by atoms with E-state index in [1.807, 2.05) is 36.4 Å². The summed E-state index contributed by atoms with van der Waals surface area (Å²) in [5.41, 5.74) is 1.11. The molecule has 127 valence electrons. The third-order valence-electron chi connectivity index (χ3n) is 5.15. The summed E-state index contributed by atoms with van der Waals surface area (Å²) in [6.45, 7) is 7.56. The average Bonchev–Trinajstić information content (AvgIpc) is 2.63. The molecule has 0 atom stereocenters. The van der Waals surface area contributed by atoms with Crippen molar-refractivity contribution in [2.75, 3.05) is 19.6 Å². The van der Waals surface area contributed by atoms with Crippen molar-refractivity contribution in [2.45, 2.75) is 32.3 Å². The molecule has 1 aliphatic heterocycles. The number of likely N-dealkylation sites (tertiary alicyclic amines) is 1. The van der Waals surface area contributed by atoms with Gasteiger partial charge < -0.3 is 10.0 Å². The quantitative estimate of drug-likeness (QED) is 0.889. The van der Waals surface area contributed by atoms with Crippen LogP contribution >= 0.6 is 0 Å². The summed E-state index contributed by atoms with van der Waals surface area (Å²) in [6, 6.07) is 20.3. The molecule has 3 rings (SSSR count). The van der Waals surface area contributed by atoms with Crippen molar-refractivity contribution < 1.29 is 5.11 Å². The molecule has 0 bridgehead atoms. The standard InChI is InChI=1S/C22H28NO/c1-18(2)17-23-15-13-21(14-16-23)22(24,19-9-5-3-6-10-19)20-11-7-4-8-12-20/h3-12,21,24H,13-17H2,1-2H3. The topological polar surface area (TPSA) is 23.5 Å². The molecule has 1 radical (unpaired) electrons. The monoisotopic (exact) mass is 322 g/mol. The zero-order valence-electron chi connectivity index (χ0n) is 14.8. The number of aliphatic hydroxyl groups is 1. The molecule has 0 spiro atoms. The minimum atomic E-state index is -0.903. The molecule has 2 nitrogen and oxygen atoms in total. The minimum Gasteiger partial charge on any atom is -0.380 e. The molecule has 1 heterocycles. The first-order chi connectivity index (χ1) is 11.6. The second-order valence-electron chi connectivity index (χ2n) is 7.26. The van der Waals surface area contributed by atoms with E-state index in [0.717, 1.165) is 43.6 Å². The molecule has 1 N–H and O–H groups in total. The number of rotatable bonds is 5. The van der Waals surface area contributed by atoms with E-state index in [1.165, 1.54) is 5.92 Å². The zero-order valence-corrected chi connectivity index (χ0v) is 14.8. The van der Waals surface area contributed by atoms with Crippen LogP contribution in [0.4, 0.5) is 0 Å². The first-order valence-electron chi connectivity index (χ1n) is 8.95. The first-order valence-corrected chi connectivity index (χ1v) is 8.95. The minimum absolute atomic E-state index is 0.246. The lowest BCUT2D eigenvalue weighted by Crippen LogP contribution is -2.44. The summed E-state index contributed by atoms with van der Waals surface area (Å²) in [5.74, 6) is 1.70. The lowest BCUT2D eigenvalue weighted by molar-refractivity contribution is -0.0135. The second-order valence-corrected chi connectivity index (χ2v) is 7.26. The lowest BCUT2D eigenvalue weighted by Gasteiger charge is -2.42. The Labute approximate surface area is 146 Å². The van der Waals surface area contributed by atoms with Crippen molar-refractivity contribution in [2.24, 2.45) is 5.92 Å². The molecule has 1 saturated heterocycles. The van der Waals surface area contributed by atoms with E-state index in [1.54, 1.807) is 0 Å². The van der Waals surface area contributed by atoms with Gasteiger partial charge in [0.1, 0.15) is 5.60 Å². The summed E-state index contributed by atoms with van der Waals surface area (Å²) in [7, 11) is 0. The molecule has 0 amide bonds. The van der Waals surface area contributed by atoms with Crippen LogP contribution < -0.4 is 0 Å².